The molecule has 0 atom stereocenters. The van der Waals surface area contributed by atoms with Gasteiger partial charge in [-0.3, -0.25) is 4.79 Å². The van der Waals surface area contributed by atoms with Crippen molar-refractivity contribution < 1.29 is 23.1 Å². The highest BCUT2D eigenvalue weighted by molar-refractivity contribution is 5.91. The molecule has 1 fully saturated rings. The van der Waals surface area contributed by atoms with Crippen molar-refractivity contribution >= 4 is 5.91 Å². The first-order chi connectivity index (χ1) is 15.2. The molecule has 0 radical (unpaired) electrons. The SMILES string of the molecule is Cc1onc(-c2ccccc2)c1-c1nnc(C[NH+]2CCN(C(=O)c3ccco3)CC2)o1. The number of nitrogens with one attached hydrogen (secondary N) is 1. The smallest absolute Gasteiger partial charge is 0.289 e. The molecule has 1 saturated heterocycles. The van der Waals surface area contributed by atoms with E-state index in [2.05, 4.69) is 15.4 Å². The summed E-state index contributed by atoms with van der Waals surface area (Å²) in [7, 11) is 0. The first-order valence-electron chi connectivity index (χ1n) is 10.2. The van der Waals surface area contributed by atoms with E-state index in [1.807, 2.05) is 42.2 Å². The van der Waals surface area contributed by atoms with Gasteiger partial charge in [0.05, 0.1) is 32.4 Å². The van der Waals surface area contributed by atoms with E-state index in [1.54, 1.807) is 12.1 Å². The summed E-state index contributed by atoms with van der Waals surface area (Å²) in [6, 6.07) is 13.2. The molecule has 9 heteroatoms. The van der Waals surface area contributed by atoms with Gasteiger partial charge in [0.25, 0.3) is 17.7 Å². The lowest BCUT2D eigenvalue weighted by atomic mass is 10.1. The molecule has 0 spiro atoms. The van der Waals surface area contributed by atoms with Crippen LogP contribution in [0.5, 0.6) is 0 Å². The van der Waals surface area contributed by atoms with E-state index in [-0.39, 0.29) is 5.91 Å². The number of hydrogen-bond acceptors (Lipinski definition) is 7. The Morgan fingerprint density at radius 1 is 1.10 bits per heavy atom. The van der Waals surface area contributed by atoms with Crippen molar-refractivity contribution in [3.05, 3.63) is 66.1 Å². The third-order valence-electron chi connectivity index (χ3n) is 5.48. The van der Waals surface area contributed by atoms with Crippen LogP contribution in [0.3, 0.4) is 0 Å². The first-order valence-corrected chi connectivity index (χ1v) is 10.2. The highest BCUT2D eigenvalue weighted by Crippen LogP contribution is 2.33. The number of quaternary nitrogens is 1. The minimum atomic E-state index is -0.0690. The molecule has 31 heavy (non-hydrogen) atoms. The molecule has 158 valence electrons. The topological polar surface area (TPSA) is 103 Å². The van der Waals surface area contributed by atoms with Crippen LogP contribution in [0, 0.1) is 6.92 Å². The molecule has 3 aromatic heterocycles. The van der Waals surface area contributed by atoms with Crippen molar-refractivity contribution in [2.75, 3.05) is 26.2 Å². The normalized spacial score (nSPS) is 14.8. The van der Waals surface area contributed by atoms with Crippen LogP contribution in [0.25, 0.3) is 22.7 Å². The van der Waals surface area contributed by atoms with Gasteiger partial charge < -0.3 is 23.2 Å². The zero-order chi connectivity index (χ0) is 21.2. The van der Waals surface area contributed by atoms with Gasteiger partial charge in [-0.1, -0.05) is 35.5 Å². The number of benzene rings is 1. The minimum Gasteiger partial charge on any atom is -0.459 e. The van der Waals surface area contributed by atoms with Gasteiger partial charge in [-0.25, -0.2) is 0 Å². The number of hydrogen-bond donors (Lipinski definition) is 1. The van der Waals surface area contributed by atoms with Gasteiger partial charge in [-0.15, -0.1) is 10.2 Å². The molecule has 0 bridgehead atoms. The summed E-state index contributed by atoms with van der Waals surface area (Å²) < 4.78 is 16.6. The number of aryl methyl sites for hydroxylation is 1. The van der Waals surface area contributed by atoms with Gasteiger partial charge in [0.1, 0.15) is 17.0 Å². The highest BCUT2D eigenvalue weighted by atomic mass is 16.5. The van der Waals surface area contributed by atoms with E-state index in [0.717, 1.165) is 18.7 Å². The number of aromatic nitrogens is 3. The lowest BCUT2D eigenvalue weighted by molar-refractivity contribution is -0.918. The van der Waals surface area contributed by atoms with Crippen LogP contribution in [0.2, 0.25) is 0 Å². The largest absolute Gasteiger partial charge is 0.459 e. The van der Waals surface area contributed by atoms with Gasteiger partial charge in [0.2, 0.25) is 0 Å². The van der Waals surface area contributed by atoms with Gasteiger partial charge in [0, 0.05) is 5.56 Å². The minimum absolute atomic E-state index is 0.0690. The number of nitrogens with zero attached hydrogens (tertiary/aromatic N) is 4. The maximum atomic E-state index is 12.4. The Bertz CT molecular complexity index is 1160. The first kappa shape index (κ1) is 19.3. The van der Waals surface area contributed by atoms with E-state index in [0.29, 0.717) is 54.2 Å². The molecule has 1 aliphatic heterocycles. The lowest BCUT2D eigenvalue weighted by Crippen LogP contribution is -3.13. The zero-order valence-electron chi connectivity index (χ0n) is 17.1. The lowest BCUT2D eigenvalue weighted by Gasteiger charge is -2.30. The highest BCUT2D eigenvalue weighted by Gasteiger charge is 2.28. The molecule has 1 aliphatic rings. The Kier molecular flexibility index (Phi) is 5.09. The molecule has 0 aliphatic carbocycles. The molecule has 4 heterocycles. The van der Waals surface area contributed by atoms with Crippen molar-refractivity contribution in [3.63, 3.8) is 0 Å². The summed E-state index contributed by atoms with van der Waals surface area (Å²) in [6.07, 6.45) is 1.52. The van der Waals surface area contributed by atoms with Gasteiger partial charge in [-0.05, 0) is 19.1 Å². The van der Waals surface area contributed by atoms with Crippen LogP contribution in [0.1, 0.15) is 22.2 Å². The number of rotatable bonds is 5. The van der Waals surface area contributed by atoms with Crippen molar-refractivity contribution in [2.24, 2.45) is 0 Å². The van der Waals surface area contributed by atoms with Crippen LogP contribution in [0.4, 0.5) is 0 Å². The standard InChI is InChI=1S/C22H21N5O4/c1-15-19(20(25-31-15)16-6-3-2-4-7-16)21-24-23-18(30-21)14-26-9-11-27(12-10-26)22(28)17-8-5-13-29-17/h2-8,13H,9-12,14H2,1H3/p+1. The maximum Gasteiger partial charge on any atom is 0.289 e. The van der Waals surface area contributed by atoms with E-state index >= 15 is 0 Å². The molecule has 0 unspecified atom stereocenters. The number of carbonyl (C=O) groups is 1. The number of furan rings is 1. The molecule has 4 aromatic rings. The summed E-state index contributed by atoms with van der Waals surface area (Å²) in [5.41, 5.74) is 2.33. The zero-order valence-corrected chi connectivity index (χ0v) is 17.1. The average molecular weight is 420 g/mol. The molecule has 1 amide bonds. The summed E-state index contributed by atoms with van der Waals surface area (Å²) in [4.78, 5) is 15.5. The summed E-state index contributed by atoms with van der Waals surface area (Å²) >= 11 is 0. The Balaban J connectivity index is 1.26. The number of piperazine rings is 1. The third-order valence-corrected chi connectivity index (χ3v) is 5.48. The van der Waals surface area contributed by atoms with E-state index in [1.165, 1.54) is 11.2 Å². The molecule has 0 saturated carbocycles. The average Bonchev–Trinajstić information content (AvgIpc) is 3.56. The second-order valence-corrected chi connectivity index (χ2v) is 7.53. The van der Waals surface area contributed by atoms with Crippen LogP contribution >= 0.6 is 0 Å². The van der Waals surface area contributed by atoms with Crippen LogP contribution in [0.15, 0.2) is 62.1 Å². The van der Waals surface area contributed by atoms with Crippen molar-refractivity contribution in [1.82, 2.24) is 20.3 Å². The monoisotopic (exact) mass is 420 g/mol. The number of carbonyl (C=O) groups excluding carboxylic acids is 1. The summed E-state index contributed by atoms with van der Waals surface area (Å²) in [6.45, 7) is 5.33. The van der Waals surface area contributed by atoms with E-state index in [9.17, 15) is 4.79 Å². The molecular weight excluding hydrogens is 398 g/mol. The van der Waals surface area contributed by atoms with Crippen LogP contribution < -0.4 is 4.90 Å². The van der Waals surface area contributed by atoms with Gasteiger partial charge in [0.15, 0.2) is 12.3 Å². The van der Waals surface area contributed by atoms with E-state index in [4.69, 9.17) is 13.4 Å². The second-order valence-electron chi connectivity index (χ2n) is 7.53. The number of amides is 1. The van der Waals surface area contributed by atoms with Crippen molar-refractivity contribution in [2.45, 2.75) is 13.5 Å². The Morgan fingerprint density at radius 2 is 1.90 bits per heavy atom. The van der Waals surface area contributed by atoms with Gasteiger partial charge >= 0.3 is 0 Å². The third kappa shape index (κ3) is 3.87. The maximum absolute atomic E-state index is 12.4. The molecular formula is C22H22N5O4+. The Morgan fingerprint density at radius 3 is 2.65 bits per heavy atom. The second kappa shape index (κ2) is 8.19. The molecule has 1 aromatic carbocycles. The molecule has 5 rings (SSSR count). The predicted octanol–water partition coefficient (Wildman–Crippen LogP) is 1.83. The fourth-order valence-corrected chi connectivity index (χ4v) is 3.82. The summed E-state index contributed by atoms with van der Waals surface area (Å²) in [5.74, 6) is 1.89. The predicted molar refractivity (Wildman–Crippen MR) is 109 cm³/mol. The fourth-order valence-electron chi connectivity index (χ4n) is 3.82. The van der Waals surface area contributed by atoms with Crippen molar-refractivity contribution in [3.8, 4) is 22.7 Å². The molecule has 1 N–H and O–H groups in total. The quantitative estimate of drug-likeness (QED) is 0.525. The Labute approximate surface area is 178 Å². The van der Waals surface area contributed by atoms with Crippen LogP contribution in [-0.4, -0.2) is 52.3 Å². The fraction of sp³-hybridized carbons (Fsp3) is 0.273. The van der Waals surface area contributed by atoms with E-state index < -0.39 is 0 Å². The molecule has 9 nitrogen and oxygen atoms in total. The van der Waals surface area contributed by atoms with Crippen molar-refractivity contribution in [1.29, 1.82) is 0 Å². The Hall–Kier alpha value is -3.72. The van der Waals surface area contributed by atoms with Crippen LogP contribution in [-0.2, 0) is 6.54 Å². The van der Waals surface area contributed by atoms with Gasteiger partial charge in [-0.2, -0.15) is 0 Å². The summed E-state index contributed by atoms with van der Waals surface area (Å²) in [5, 5.41) is 12.7.